The fourth-order valence-electron chi connectivity index (χ4n) is 1.40. The van der Waals surface area contributed by atoms with Crippen molar-refractivity contribution in [3.63, 3.8) is 0 Å². The second kappa shape index (κ2) is 4.83. The van der Waals surface area contributed by atoms with Crippen molar-refractivity contribution in [2.45, 2.75) is 18.7 Å². The van der Waals surface area contributed by atoms with Gasteiger partial charge in [-0.2, -0.15) is 0 Å². The monoisotopic (exact) mass is 260 g/mol. The molecule has 0 bridgehead atoms. The molecule has 1 aromatic carbocycles. The average Bonchev–Trinajstić information content (AvgIpc) is 2.15. The van der Waals surface area contributed by atoms with Gasteiger partial charge in [-0.1, -0.05) is 13.8 Å². The Bertz CT molecular complexity index is 534. The maximum atomic E-state index is 13.1. The molecule has 0 aliphatic carbocycles. The molecule has 0 unspecified atom stereocenters. The van der Waals surface area contributed by atoms with E-state index in [9.17, 15) is 17.6 Å². The van der Waals surface area contributed by atoms with Crippen LogP contribution in [-0.4, -0.2) is 25.2 Å². The second-order valence-electron chi connectivity index (χ2n) is 4.12. The van der Waals surface area contributed by atoms with Crippen molar-refractivity contribution in [1.29, 1.82) is 0 Å². The third kappa shape index (κ3) is 3.26. The molecular formula is C11H13FO4S. The fourth-order valence-corrected chi connectivity index (χ4v) is 3.04. The SMILES string of the molecule is CC(C)CS(=O)(=O)c1ccc(F)c(C(=O)O)c1. The van der Waals surface area contributed by atoms with Crippen molar-refractivity contribution < 1.29 is 22.7 Å². The molecule has 0 aliphatic rings. The van der Waals surface area contributed by atoms with E-state index in [0.717, 1.165) is 18.2 Å². The van der Waals surface area contributed by atoms with Gasteiger partial charge in [0.05, 0.1) is 16.2 Å². The number of halogens is 1. The molecule has 0 heterocycles. The van der Waals surface area contributed by atoms with E-state index < -0.39 is 27.2 Å². The predicted molar refractivity (Wildman–Crippen MR) is 60.3 cm³/mol. The molecule has 0 atom stereocenters. The van der Waals surface area contributed by atoms with Crippen LogP contribution in [0.2, 0.25) is 0 Å². The maximum absolute atomic E-state index is 13.1. The Morgan fingerprint density at radius 2 is 2.00 bits per heavy atom. The molecular weight excluding hydrogens is 247 g/mol. The molecule has 0 aromatic heterocycles. The van der Waals surface area contributed by atoms with Gasteiger partial charge in [0.1, 0.15) is 5.82 Å². The molecule has 0 saturated heterocycles. The quantitative estimate of drug-likeness (QED) is 0.840. The number of hydrogen-bond acceptors (Lipinski definition) is 3. The van der Waals surface area contributed by atoms with Gasteiger partial charge in [-0.05, 0) is 24.1 Å². The first-order valence-corrected chi connectivity index (χ1v) is 6.65. The largest absolute Gasteiger partial charge is 0.478 e. The van der Waals surface area contributed by atoms with Crippen molar-refractivity contribution in [2.75, 3.05) is 5.75 Å². The molecule has 0 aliphatic heterocycles. The number of carbonyl (C=O) groups is 1. The zero-order valence-corrected chi connectivity index (χ0v) is 10.3. The van der Waals surface area contributed by atoms with E-state index in [1.54, 1.807) is 13.8 Å². The second-order valence-corrected chi connectivity index (χ2v) is 6.16. The molecule has 4 nitrogen and oxygen atoms in total. The molecule has 6 heteroatoms. The molecule has 94 valence electrons. The van der Waals surface area contributed by atoms with E-state index >= 15 is 0 Å². The maximum Gasteiger partial charge on any atom is 0.338 e. The van der Waals surface area contributed by atoms with Gasteiger partial charge >= 0.3 is 5.97 Å². The topological polar surface area (TPSA) is 71.4 Å². The van der Waals surface area contributed by atoms with Gasteiger partial charge in [0, 0.05) is 0 Å². The van der Waals surface area contributed by atoms with E-state index in [1.807, 2.05) is 0 Å². The van der Waals surface area contributed by atoms with Crippen LogP contribution in [0.3, 0.4) is 0 Å². The Hall–Kier alpha value is -1.43. The third-order valence-electron chi connectivity index (χ3n) is 2.08. The summed E-state index contributed by atoms with van der Waals surface area (Å²) in [6, 6.07) is 2.80. The summed E-state index contributed by atoms with van der Waals surface area (Å²) in [7, 11) is -3.56. The molecule has 1 rings (SSSR count). The van der Waals surface area contributed by atoms with E-state index in [1.165, 1.54) is 0 Å². The van der Waals surface area contributed by atoms with Gasteiger partial charge in [-0.25, -0.2) is 17.6 Å². The summed E-state index contributed by atoms with van der Waals surface area (Å²) in [6.45, 7) is 3.47. The molecule has 0 spiro atoms. The molecule has 0 radical (unpaired) electrons. The highest BCUT2D eigenvalue weighted by atomic mass is 32.2. The lowest BCUT2D eigenvalue weighted by Crippen LogP contribution is -2.13. The van der Waals surface area contributed by atoms with Crippen molar-refractivity contribution in [3.8, 4) is 0 Å². The molecule has 1 aromatic rings. The summed E-state index contributed by atoms with van der Waals surface area (Å²) in [4.78, 5) is 10.5. The Morgan fingerprint density at radius 3 is 2.47 bits per heavy atom. The van der Waals surface area contributed by atoms with Crippen LogP contribution in [0, 0.1) is 11.7 Å². The lowest BCUT2D eigenvalue weighted by molar-refractivity contribution is 0.0691. The van der Waals surface area contributed by atoms with Gasteiger partial charge < -0.3 is 5.11 Å². The molecule has 0 fully saturated rings. The van der Waals surface area contributed by atoms with Crippen molar-refractivity contribution in [1.82, 2.24) is 0 Å². The minimum atomic E-state index is -3.56. The first-order chi connectivity index (χ1) is 7.74. The number of sulfone groups is 1. The van der Waals surface area contributed by atoms with Crippen LogP contribution in [0.5, 0.6) is 0 Å². The summed E-state index contributed by atoms with van der Waals surface area (Å²) >= 11 is 0. The number of hydrogen-bond donors (Lipinski definition) is 1. The molecule has 17 heavy (non-hydrogen) atoms. The van der Waals surface area contributed by atoms with Crippen LogP contribution < -0.4 is 0 Å². The number of aromatic carboxylic acids is 1. The Morgan fingerprint density at radius 1 is 1.41 bits per heavy atom. The standard InChI is InChI=1S/C11H13FO4S/c1-7(2)6-17(15,16)8-3-4-10(12)9(5-8)11(13)14/h3-5,7H,6H2,1-2H3,(H,13,14). The normalized spacial score (nSPS) is 11.8. The van der Waals surface area contributed by atoms with Crippen LogP contribution in [0.15, 0.2) is 23.1 Å². The van der Waals surface area contributed by atoms with Crippen LogP contribution in [0.4, 0.5) is 4.39 Å². The van der Waals surface area contributed by atoms with Crippen molar-refractivity contribution >= 4 is 15.8 Å². The lowest BCUT2D eigenvalue weighted by Gasteiger charge is -2.08. The van der Waals surface area contributed by atoms with E-state index in [4.69, 9.17) is 5.11 Å². The summed E-state index contributed by atoms with van der Waals surface area (Å²) < 4.78 is 36.7. The highest BCUT2D eigenvalue weighted by Crippen LogP contribution is 2.18. The Kier molecular flexibility index (Phi) is 3.87. The summed E-state index contributed by atoms with van der Waals surface area (Å²) in [5.74, 6) is -2.61. The molecule has 1 N–H and O–H groups in total. The fraction of sp³-hybridized carbons (Fsp3) is 0.364. The van der Waals surface area contributed by atoms with E-state index in [-0.39, 0.29) is 16.6 Å². The van der Waals surface area contributed by atoms with Crippen molar-refractivity contribution in [2.24, 2.45) is 5.92 Å². The lowest BCUT2D eigenvalue weighted by atomic mass is 10.2. The zero-order chi connectivity index (χ0) is 13.2. The minimum absolute atomic E-state index is 0.0849. The molecule has 0 saturated carbocycles. The minimum Gasteiger partial charge on any atom is -0.478 e. The molecule has 0 amide bonds. The first kappa shape index (κ1) is 13.6. The van der Waals surface area contributed by atoms with Crippen LogP contribution >= 0.6 is 0 Å². The number of carboxylic acid groups (broad SMARTS) is 1. The van der Waals surface area contributed by atoms with E-state index in [0.29, 0.717) is 0 Å². The number of carboxylic acids is 1. The van der Waals surface area contributed by atoms with Gasteiger partial charge in [0.25, 0.3) is 0 Å². The van der Waals surface area contributed by atoms with Crippen molar-refractivity contribution in [3.05, 3.63) is 29.6 Å². The van der Waals surface area contributed by atoms with Gasteiger partial charge in [0.15, 0.2) is 9.84 Å². The average molecular weight is 260 g/mol. The zero-order valence-electron chi connectivity index (χ0n) is 9.47. The Labute approximate surface area is 99.0 Å². The summed E-state index contributed by atoms with van der Waals surface area (Å²) in [5.41, 5.74) is -0.630. The summed E-state index contributed by atoms with van der Waals surface area (Å²) in [5, 5.41) is 8.70. The van der Waals surface area contributed by atoms with Crippen LogP contribution in [0.25, 0.3) is 0 Å². The predicted octanol–water partition coefficient (Wildman–Crippen LogP) is 1.95. The Balaban J connectivity index is 3.25. The smallest absolute Gasteiger partial charge is 0.338 e. The van der Waals surface area contributed by atoms with Gasteiger partial charge in [-0.3, -0.25) is 0 Å². The van der Waals surface area contributed by atoms with Crippen LogP contribution in [-0.2, 0) is 9.84 Å². The van der Waals surface area contributed by atoms with Crippen LogP contribution in [0.1, 0.15) is 24.2 Å². The van der Waals surface area contributed by atoms with E-state index in [2.05, 4.69) is 0 Å². The van der Waals surface area contributed by atoms with Gasteiger partial charge in [0.2, 0.25) is 0 Å². The third-order valence-corrected chi connectivity index (χ3v) is 4.16. The summed E-state index contributed by atoms with van der Waals surface area (Å²) in [6.07, 6.45) is 0. The van der Waals surface area contributed by atoms with Gasteiger partial charge in [-0.15, -0.1) is 0 Å². The first-order valence-electron chi connectivity index (χ1n) is 4.99. The number of rotatable bonds is 4. The number of benzene rings is 1. The highest BCUT2D eigenvalue weighted by Gasteiger charge is 2.20. The highest BCUT2D eigenvalue weighted by molar-refractivity contribution is 7.91.